The molecular weight excluding hydrogens is 266 g/mol. The second kappa shape index (κ2) is 6.29. The number of hydrogen-bond acceptors (Lipinski definition) is 2. The van der Waals surface area contributed by atoms with Gasteiger partial charge in [0, 0.05) is 18.2 Å². The summed E-state index contributed by atoms with van der Waals surface area (Å²) in [6.07, 6.45) is 1.95. The van der Waals surface area contributed by atoms with Gasteiger partial charge in [0.15, 0.2) is 0 Å². The maximum atomic E-state index is 12.6. The number of benzene rings is 1. The fraction of sp³-hybridized carbons (Fsp3) is 0.529. The van der Waals surface area contributed by atoms with E-state index >= 15 is 0 Å². The van der Waals surface area contributed by atoms with Crippen LogP contribution in [0.2, 0.25) is 0 Å². The standard InChI is InChI=1S/C17H23NO3/c1-11(2)13-4-6-14(7-5-13)16(19)18(15-8-9-15)10-12(3)17(20)21/h4-7,11-12,15H,8-10H2,1-3H3,(H,20,21). The zero-order chi connectivity index (χ0) is 15.6. The van der Waals surface area contributed by atoms with Crippen molar-refractivity contribution in [2.24, 2.45) is 5.92 Å². The molecule has 1 atom stereocenters. The quantitative estimate of drug-likeness (QED) is 0.875. The van der Waals surface area contributed by atoms with Gasteiger partial charge in [-0.1, -0.05) is 32.9 Å². The molecule has 1 amide bonds. The average Bonchev–Trinajstić information content (AvgIpc) is 3.28. The van der Waals surface area contributed by atoms with Gasteiger partial charge in [0.05, 0.1) is 5.92 Å². The van der Waals surface area contributed by atoms with Crippen molar-refractivity contribution in [3.63, 3.8) is 0 Å². The van der Waals surface area contributed by atoms with Crippen molar-refractivity contribution < 1.29 is 14.7 Å². The number of carboxylic acids is 1. The van der Waals surface area contributed by atoms with Crippen LogP contribution >= 0.6 is 0 Å². The molecule has 0 radical (unpaired) electrons. The van der Waals surface area contributed by atoms with E-state index in [1.54, 1.807) is 11.8 Å². The molecule has 1 N–H and O–H groups in total. The predicted molar refractivity (Wildman–Crippen MR) is 81.4 cm³/mol. The molecule has 1 saturated carbocycles. The van der Waals surface area contributed by atoms with Crippen molar-refractivity contribution >= 4 is 11.9 Å². The average molecular weight is 289 g/mol. The summed E-state index contributed by atoms with van der Waals surface area (Å²) in [6, 6.07) is 7.86. The first-order chi connectivity index (χ1) is 9.90. The van der Waals surface area contributed by atoms with E-state index in [0.29, 0.717) is 11.5 Å². The summed E-state index contributed by atoms with van der Waals surface area (Å²) in [5.74, 6) is -1.02. The monoisotopic (exact) mass is 289 g/mol. The third-order valence-corrected chi connectivity index (χ3v) is 3.96. The summed E-state index contributed by atoms with van der Waals surface area (Å²) < 4.78 is 0. The maximum Gasteiger partial charge on any atom is 0.308 e. The molecule has 21 heavy (non-hydrogen) atoms. The number of carboxylic acid groups (broad SMARTS) is 1. The Hall–Kier alpha value is -1.84. The zero-order valence-corrected chi connectivity index (χ0v) is 12.9. The molecule has 0 spiro atoms. The zero-order valence-electron chi connectivity index (χ0n) is 12.9. The van der Waals surface area contributed by atoms with Crippen molar-refractivity contribution in [3.8, 4) is 0 Å². The first-order valence-electron chi connectivity index (χ1n) is 7.54. The molecule has 1 unspecified atom stereocenters. The lowest BCUT2D eigenvalue weighted by molar-refractivity contribution is -0.141. The molecule has 0 aliphatic heterocycles. The van der Waals surface area contributed by atoms with Gasteiger partial charge in [-0.05, 0) is 36.5 Å². The van der Waals surface area contributed by atoms with Crippen molar-refractivity contribution in [2.45, 2.75) is 45.6 Å². The maximum absolute atomic E-state index is 12.6. The van der Waals surface area contributed by atoms with Gasteiger partial charge in [-0.25, -0.2) is 0 Å². The van der Waals surface area contributed by atoms with Gasteiger partial charge in [0.1, 0.15) is 0 Å². The molecule has 2 rings (SSSR count). The SMILES string of the molecule is CC(CN(C(=O)c1ccc(C(C)C)cc1)C1CC1)C(=O)O. The highest BCUT2D eigenvalue weighted by atomic mass is 16.4. The highest BCUT2D eigenvalue weighted by Gasteiger charge is 2.34. The highest BCUT2D eigenvalue weighted by molar-refractivity contribution is 5.95. The number of carbonyl (C=O) groups is 2. The van der Waals surface area contributed by atoms with Gasteiger partial charge < -0.3 is 10.0 Å². The first-order valence-corrected chi connectivity index (χ1v) is 7.54. The normalized spacial score (nSPS) is 15.8. The van der Waals surface area contributed by atoms with E-state index in [2.05, 4.69) is 13.8 Å². The van der Waals surface area contributed by atoms with Crippen LogP contribution < -0.4 is 0 Å². The molecule has 0 aromatic heterocycles. The molecule has 0 saturated heterocycles. The van der Waals surface area contributed by atoms with E-state index in [1.165, 1.54) is 5.56 Å². The molecule has 1 aliphatic carbocycles. The minimum absolute atomic E-state index is 0.0547. The van der Waals surface area contributed by atoms with Crippen molar-refractivity contribution in [3.05, 3.63) is 35.4 Å². The summed E-state index contributed by atoms with van der Waals surface area (Å²) in [5.41, 5.74) is 1.84. The lowest BCUT2D eigenvalue weighted by Crippen LogP contribution is -2.38. The lowest BCUT2D eigenvalue weighted by Gasteiger charge is -2.24. The summed E-state index contributed by atoms with van der Waals surface area (Å²) in [5, 5.41) is 9.04. The number of aliphatic carboxylic acids is 1. The van der Waals surface area contributed by atoms with Crippen LogP contribution in [0.25, 0.3) is 0 Å². The van der Waals surface area contributed by atoms with Gasteiger partial charge in [-0.15, -0.1) is 0 Å². The predicted octanol–water partition coefficient (Wildman–Crippen LogP) is 3.14. The molecule has 1 aromatic carbocycles. The molecule has 0 bridgehead atoms. The first kappa shape index (κ1) is 15.5. The Bertz CT molecular complexity index is 517. The van der Waals surface area contributed by atoms with Gasteiger partial charge in [-0.2, -0.15) is 0 Å². The van der Waals surface area contributed by atoms with Crippen LogP contribution in [-0.2, 0) is 4.79 Å². The van der Waals surface area contributed by atoms with E-state index in [-0.39, 0.29) is 18.5 Å². The molecule has 114 valence electrons. The minimum Gasteiger partial charge on any atom is -0.481 e. The van der Waals surface area contributed by atoms with Crippen molar-refractivity contribution in [1.29, 1.82) is 0 Å². The highest BCUT2D eigenvalue weighted by Crippen LogP contribution is 2.29. The lowest BCUT2D eigenvalue weighted by atomic mass is 10.0. The van der Waals surface area contributed by atoms with Gasteiger partial charge in [0.2, 0.25) is 0 Å². The summed E-state index contributed by atoms with van der Waals surface area (Å²) >= 11 is 0. The Morgan fingerprint density at radius 3 is 2.19 bits per heavy atom. The number of nitrogens with zero attached hydrogens (tertiary/aromatic N) is 1. The third-order valence-electron chi connectivity index (χ3n) is 3.96. The molecule has 1 aromatic rings. The Balaban J connectivity index is 2.12. The van der Waals surface area contributed by atoms with Crippen LogP contribution in [0.15, 0.2) is 24.3 Å². The van der Waals surface area contributed by atoms with Crippen LogP contribution in [0, 0.1) is 5.92 Å². The van der Waals surface area contributed by atoms with Crippen LogP contribution in [0.4, 0.5) is 0 Å². The van der Waals surface area contributed by atoms with E-state index < -0.39 is 11.9 Å². The fourth-order valence-electron chi connectivity index (χ4n) is 2.33. The van der Waals surface area contributed by atoms with E-state index in [1.807, 2.05) is 24.3 Å². The Morgan fingerprint density at radius 1 is 1.19 bits per heavy atom. The molecule has 1 fully saturated rings. The Morgan fingerprint density at radius 2 is 1.76 bits per heavy atom. The number of hydrogen-bond donors (Lipinski definition) is 1. The van der Waals surface area contributed by atoms with Crippen LogP contribution in [-0.4, -0.2) is 34.5 Å². The topological polar surface area (TPSA) is 57.6 Å². The number of rotatable bonds is 6. The smallest absolute Gasteiger partial charge is 0.308 e. The van der Waals surface area contributed by atoms with Crippen molar-refractivity contribution in [2.75, 3.05) is 6.54 Å². The number of amides is 1. The number of carbonyl (C=O) groups excluding carboxylic acids is 1. The molecule has 1 aliphatic rings. The summed E-state index contributed by atoms with van der Waals surface area (Å²) in [4.78, 5) is 25.3. The summed E-state index contributed by atoms with van der Waals surface area (Å²) in [7, 11) is 0. The fourth-order valence-corrected chi connectivity index (χ4v) is 2.33. The largest absolute Gasteiger partial charge is 0.481 e. The van der Waals surface area contributed by atoms with Crippen LogP contribution in [0.3, 0.4) is 0 Å². The van der Waals surface area contributed by atoms with Gasteiger partial charge in [-0.3, -0.25) is 9.59 Å². The van der Waals surface area contributed by atoms with Gasteiger partial charge in [0.25, 0.3) is 5.91 Å². The van der Waals surface area contributed by atoms with Crippen LogP contribution in [0.1, 0.15) is 55.5 Å². The molecule has 4 heteroatoms. The minimum atomic E-state index is -0.858. The third kappa shape index (κ3) is 3.84. The summed E-state index contributed by atoms with van der Waals surface area (Å²) in [6.45, 7) is 6.15. The van der Waals surface area contributed by atoms with Crippen LogP contribution in [0.5, 0.6) is 0 Å². The van der Waals surface area contributed by atoms with E-state index in [0.717, 1.165) is 12.8 Å². The second-order valence-corrected chi connectivity index (χ2v) is 6.20. The Labute approximate surface area is 125 Å². The van der Waals surface area contributed by atoms with Crippen molar-refractivity contribution in [1.82, 2.24) is 4.90 Å². The molecule has 4 nitrogen and oxygen atoms in total. The van der Waals surface area contributed by atoms with E-state index in [9.17, 15) is 9.59 Å². The molecular formula is C17H23NO3. The Kier molecular flexibility index (Phi) is 4.66. The van der Waals surface area contributed by atoms with Gasteiger partial charge >= 0.3 is 5.97 Å². The van der Waals surface area contributed by atoms with E-state index in [4.69, 9.17) is 5.11 Å². The second-order valence-electron chi connectivity index (χ2n) is 6.20. The molecule has 0 heterocycles.